The number of hydrogen-bond acceptors (Lipinski definition) is 2. The van der Waals surface area contributed by atoms with Crippen LogP contribution in [0.1, 0.15) is 26.7 Å². The molecule has 0 amide bonds. The van der Waals surface area contributed by atoms with Crippen LogP contribution in [0.2, 0.25) is 0 Å². The summed E-state index contributed by atoms with van der Waals surface area (Å²) >= 11 is 0. The van der Waals surface area contributed by atoms with E-state index in [0.29, 0.717) is 11.6 Å². The lowest BCUT2D eigenvalue weighted by molar-refractivity contribution is 0.626. The van der Waals surface area contributed by atoms with Crippen LogP contribution >= 0.6 is 0 Å². The summed E-state index contributed by atoms with van der Waals surface area (Å²) in [5.74, 6) is 0.717. The lowest BCUT2D eigenvalue weighted by Gasteiger charge is -2.12. The van der Waals surface area contributed by atoms with Crippen molar-refractivity contribution in [1.82, 2.24) is 0 Å². The summed E-state index contributed by atoms with van der Waals surface area (Å²) in [5.41, 5.74) is 1.44. The zero-order chi connectivity index (χ0) is 11.6. The average Bonchev–Trinajstić information content (AvgIpc) is 3.04. The summed E-state index contributed by atoms with van der Waals surface area (Å²) in [7, 11) is 0. The Morgan fingerprint density at radius 2 is 2.00 bits per heavy atom. The Balaban J connectivity index is 2.27. The highest BCUT2D eigenvalue weighted by molar-refractivity contribution is 5.44. The highest BCUT2D eigenvalue weighted by atomic mass is 16.3. The van der Waals surface area contributed by atoms with E-state index >= 15 is 0 Å². The Morgan fingerprint density at radius 3 is 2.62 bits per heavy atom. The van der Waals surface area contributed by atoms with Gasteiger partial charge < -0.3 is 0 Å². The normalized spacial score (nSPS) is 23.9. The van der Waals surface area contributed by atoms with Crippen LogP contribution in [0.5, 0.6) is 0 Å². The van der Waals surface area contributed by atoms with E-state index in [4.69, 9.17) is 0 Å². The second-order valence-electron chi connectivity index (χ2n) is 5.12. The molecule has 0 atom stereocenters. The third-order valence-electron chi connectivity index (χ3n) is 2.93. The van der Waals surface area contributed by atoms with Crippen LogP contribution in [0.15, 0.2) is 52.9 Å². The number of nitroso groups, excluding NO2 is 1. The smallest absolute Gasteiger partial charge is 0.114 e. The quantitative estimate of drug-likeness (QED) is 0.651. The van der Waals surface area contributed by atoms with E-state index in [9.17, 15) is 4.91 Å². The highest BCUT2D eigenvalue weighted by Crippen LogP contribution is 2.32. The van der Waals surface area contributed by atoms with E-state index in [0.717, 1.165) is 5.57 Å². The van der Waals surface area contributed by atoms with Gasteiger partial charge in [-0.05, 0) is 30.0 Å². The lowest BCUT2D eigenvalue weighted by Crippen LogP contribution is -2.00. The van der Waals surface area contributed by atoms with Crippen LogP contribution in [-0.4, -0.2) is 0 Å². The number of hydrogen-bond donors (Lipinski definition) is 0. The van der Waals surface area contributed by atoms with E-state index in [1.54, 1.807) is 0 Å². The van der Waals surface area contributed by atoms with Gasteiger partial charge in [0.25, 0.3) is 0 Å². The molecular formula is C14H17NO. The van der Waals surface area contributed by atoms with Gasteiger partial charge in [-0.1, -0.05) is 44.2 Å². The predicted molar refractivity (Wildman–Crippen MR) is 66.7 cm³/mol. The van der Waals surface area contributed by atoms with Crippen LogP contribution in [0.3, 0.4) is 0 Å². The molecule has 0 N–H and O–H groups in total. The summed E-state index contributed by atoms with van der Waals surface area (Å²) < 4.78 is 0. The van der Waals surface area contributed by atoms with Crippen LogP contribution in [-0.2, 0) is 0 Å². The van der Waals surface area contributed by atoms with Crippen molar-refractivity contribution in [2.45, 2.75) is 26.7 Å². The summed E-state index contributed by atoms with van der Waals surface area (Å²) in [6.45, 7) is 4.21. The molecule has 1 saturated carbocycles. The molecule has 0 aromatic rings. The summed E-state index contributed by atoms with van der Waals surface area (Å²) in [4.78, 5) is 10.8. The maximum absolute atomic E-state index is 10.8. The average molecular weight is 215 g/mol. The molecule has 2 heteroatoms. The van der Waals surface area contributed by atoms with Gasteiger partial charge in [0.2, 0.25) is 0 Å². The molecule has 0 spiro atoms. The first kappa shape index (κ1) is 11.1. The highest BCUT2D eigenvalue weighted by Gasteiger charge is 2.18. The standard InChI is InChI=1S/C14H17NO/c1-14(2)9-7-12(6-5-11-3-4-11)13(15-16)8-10-14/h5-11H,3-4H2,1-2H3/b6-5+. The topological polar surface area (TPSA) is 29.4 Å². The van der Waals surface area contributed by atoms with Gasteiger partial charge in [-0.15, -0.1) is 4.91 Å². The number of nitrogens with zero attached hydrogens (tertiary/aromatic N) is 1. The Hall–Kier alpha value is -1.44. The maximum atomic E-state index is 10.8. The zero-order valence-corrected chi connectivity index (χ0v) is 9.81. The summed E-state index contributed by atoms with van der Waals surface area (Å²) in [6, 6.07) is 0. The van der Waals surface area contributed by atoms with E-state index in [1.165, 1.54) is 12.8 Å². The number of rotatable bonds is 3. The van der Waals surface area contributed by atoms with Gasteiger partial charge in [0, 0.05) is 11.0 Å². The molecule has 0 saturated heterocycles. The Labute approximate surface area is 96.4 Å². The maximum Gasteiger partial charge on any atom is 0.114 e. The molecule has 0 bridgehead atoms. The van der Waals surface area contributed by atoms with E-state index in [2.05, 4.69) is 31.2 Å². The Bertz CT molecular complexity index is 406. The monoisotopic (exact) mass is 215 g/mol. The Kier molecular flexibility index (Phi) is 2.90. The van der Waals surface area contributed by atoms with Gasteiger partial charge >= 0.3 is 0 Å². The first-order valence-corrected chi connectivity index (χ1v) is 5.75. The molecule has 0 aromatic carbocycles. The Morgan fingerprint density at radius 1 is 1.31 bits per heavy atom. The van der Waals surface area contributed by atoms with Gasteiger partial charge in [-0.3, -0.25) is 0 Å². The van der Waals surface area contributed by atoms with Crippen molar-refractivity contribution in [3.63, 3.8) is 0 Å². The van der Waals surface area contributed by atoms with Crippen LogP contribution in [0, 0.1) is 16.2 Å². The summed E-state index contributed by atoms with van der Waals surface area (Å²) in [5, 5.41) is 3.09. The van der Waals surface area contributed by atoms with Crippen molar-refractivity contribution in [2.24, 2.45) is 16.5 Å². The minimum absolute atomic E-state index is 0.00882. The molecule has 2 aliphatic rings. The molecule has 0 aromatic heterocycles. The van der Waals surface area contributed by atoms with Crippen LogP contribution in [0.25, 0.3) is 0 Å². The van der Waals surface area contributed by atoms with E-state index in [-0.39, 0.29) is 5.41 Å². The molecule has 0 aliphatic heterocycles. The molecule has 2 aliphatic carbocycles. The zero-order valence-electron chi connectivity index (χ0n) is 9.81. The van der Waals surface area contributed by atoms with Crippen molar-refractivity contribution in [3.05, 3.63) is 52.6 Å². The largest absolute Gasteiger partial charge is 0.145 e. The molecular weight excluding hydrogens is 198 g/mol. The molecule has 2 nitrogen and oxygen atoms in total. The fourth-order valence-corrected chi connectivity index (χ4v) is 1.59. The second-order valence-corrected chi connectivity index (χ2v) is 5.12. The van der Waals surface area contributed by atoms with Gasteiger partial charge in [0.05, 0.1) is 0 Å². The van der Waals surface area contributed by atoms with Crippen LogP contribution in [0.4, 0.5) is 0 Å². The fraction of sp³-hybridized carbons (Fsp3) is 0.429. The third kappa shape index (κ3) is 2.78. The van der Waals surface area contributed by atoms with E-state index < -0.39 is 0 Å². The molecule has 0 radical (unpaired) electrons. The minimum Gasteiger partial charge on any atom is -0.145 e. The van der Waals surface area contributed by atoms with Gasteiger partial charge in [-0.2, -0.15) is 0 Å². The van der Waals surface area contributed by atoms with Crippen molar-refractivity contribution in [2.75, 3.05) is 0 Å². The molecule has 0 unspecified atom stereocenters. The first-order valence-electron chi connectivity index (χ1n) is 5.75. The molecule has 84 valence electrons. The van der Waals surface area contributed by atoms with E-state index in [1.807, 2.05) is 24.3 Å². The molecule has 1 fully saturated rings. The fourth-order valence-electron chi connectivity index (χ4n) is 1.59. The van der Waals surface area contributed by atoms with Crippen molar-refractivity contribution in [1.29, 1.82) is 0 Å². The van der Waals surface area contributed by atoms with Crippen LogP contribution < -0.4 is 0 Å². The van der Waals surface area contributed by atoms with Crippen molar-refractivity contribution < 1.29 is 0 Å². The first-order chi connectivity index (χ1) is 7.61. The molecule has 2 rings (SSSR count). The van der Waals surface area contributed by atoms with Gasteiger partial charge in [-0.25, -0.2) is 0 Å². The minimum atomic E-state index is -0.00882. The molecule has 16 heavy (non-hydrogen) atoms. The number of allylic oxidation sites excluding steroid dienone is 7. The lowest BCUT2D eigenvalue weighted by atomic mass is 9.93. The van der Waals surface area contributed by atoms with Crippen molar-refractivity contribution >= 4 is 0 Å². The summed E-state index contributed by atoms with van der Waals surface area (Å²) in [6.07, 6.45) is 14.7. The predicted octanol–water partition coefficient (Wildman–Crippen LogP) is 4.13. The van der Waals surface area contributed by atoms with Crippen molar-refractivity contribution in [3.8, 4) is 0 Å². The van der Waals surface area contributed by atoms with Gasteiger partial charge in [0.15, 0.2) is 0 Å². The van der Waals surface area contributed by atoms with Gasteiger partial charge in [0.1, 0.15) is 5.70 Å². The SMILES string of the molecule is CC1(C)C=CC(/C=C/C2CC2)=C(N=O)C=C1. The molecule has 0 heterocycles. The second kappa shape index (κ2) is 4.20. The third-order valence-corrected chi connectivity index (χ3v) is 2.93.